The summed E-state index contributed by atoms with van der Waals surface area (Å²) in [6, 6.07) is -0.324. The van der Waals surface area contributed by atoms with Crippen LogP contribution in [0.1, 0.15) is 39.5 Å². The molecular weight excluding hydrogens is 248 g/mol. The van der Waals surface area contributed by atoms with E-state index in [1.54, 1.807) is 0 Å². The molecule has 1 aliphatic heterocycles. The Kier molecular flexibility index (Phi) is 6.08. The van der Waals surface area contributed by atoms with Crippen molar-refractivity contribution in [3.63, 3.8) is 0 Å². The van der Waals surface area contributed by atoms with E-state index in [1.165, 1.54) is 0 Å². The highest BCUT2D eigenvalue weighted by molar-refractivity contribution is 5.76. The van der Waals surface area contributed by atoms with Crippen molar-refractivity contribution < 1.29 is 19.4 Å². The first-order valence-electron chi connectivity index (χ1n) is 6.83. The summed E-state index contributed by atoms with van der Waals surface area (Å²) in [6.45, 7) is 5.25. The topological polar surface area (TPSA) is 87.7 Å². The smallest absolute Gasteiger partial charge is 0.315 e. The van der Waals surface area contributed by atoms with Gasteiger partial charge in [-0.3, -0.25) is 4.79 Å². The Balaban J connectivity index is 2.35. The van der Waals surface area contributed by atoms with Gasteiger partial charge in [0.1, 0.15) is 0 Å². The summed E-state index contributed by atoms with van der Waals surface area (Å²) in [5.41, 5.74) is -0.355. The lowest BCUT2D eigenvalue weighted by molar-refractivity contribution is -0.141. The zero-order chi connectivity index (χ0) is 14.3. The molecule has 1 aliphatic rings. The molecule has 6 heteroatoms. The van der Waals surface area contributed by atoms with E-state index in [4.69, 9.17) is 9.84 Å². The van der Waals surface area contributed by atoms with Crippen LogP contribution in [0, 0.1) is 5.92 Å². The first-order valence-corrected chi connectivity index (χ1v) is 6.83. The molecule has 0 saturated carbocycles. The average Bonchev–Trinajstić information content (AvgIpc) is 2.34. The van der Waals surface area contributed by atoms with Crippen LogP contribution in [-0.2, 0) is 9.53 Å². The normalized spacial score (nSPS) is 24.5. The summed E-state index contributed by atoms with van der Waals surface area (Å²) in [4.78, 5) is 22.7. The standard InChI is InChI=1S/C13H24N2O4/c1-3-5-10(11(16)17)8-14-12(18)15-13(2)6-4-7-19-9-13/h10H,3-9H2,1-2H3,(H,16,17)(H2,14,15,18). The van der Waals surface area contributed by atoms with Gasteiger partial charge in [0.25, 0.3) is 0 Å². The van der Waals surface area contributed by atoms with Gasteiger partial charge in [0.2, 0.25) is 0 Å². The lowest BCUT2D eigenvalue weighted by Crippen LogP contribution is -2.55. The molecule has 1 saturated heterocycles. The van der Waals surface area contributed by atoms with Crippen LogP contribution in [0.15, 0.2) is 0 Å². The van der Waals surface area contributed by atoms with Crippen LogP contribution in [0.4, 0.5) is 4.79 Å². The van der Waals surface area contributed by atoms with E-state index in [9.17, 15) is 9.59 Å². The van der Waals surface area contributed by atoms with Gasteiger partial charge in [-0.15, -0.1) is 0 Å². The number of carbonyl (C=O) groups is 2. The van der Waals surface area contributed by atoms with Crippen molar-refractivity contribution in [3.8, 4) is 0 Å². The molecule has 0 spiro atoms. The number of carboxylic acid groups (broad SMARTS) is 1. The maximum absolute atomic E-state index is 11.8. The van der Waals surface area contributed by atoms with Gasteiger partial charge in [-0.1, -0.05) is 13.3 Å². The molecular formula is C13H24N2O4. The third-order valence-corrected chi connectivity index (χ3v) is 3.35. The number of carboxylic acids is 1. The molecule has 6 nitrogen and oxygen atoms in total. The summed E-state index contributed by atoms with van der Waals surface area (Å²) >= 11 is 0. The molecule has 1 heterocycles. The molecule has 2 amide bonds. The Morgan fingerprint density at radius 3 is 2.74 bits per heavy atom. The van der Waals surface area contributed by atoms with Gasteiger partial charge in [-0.25, -0.2) is 4.79 Å². The zero-order valence-electron chi connectivity index (χ0n) is 11.7. The highest BCUT2D eigenvalue weighted by Crippen LogP contribution is 2.17. The van der Waals surface area contributed by atoms with Crippen molar-refractivity contribution in [2.24, 2.45) is 5.92 Å². The number of aliphatic carboxylic acids is 1. The fraction of sp³-hybridized carbons (Fsp3) is 0.846. The van der Waals surface area contributed by atoms with Crippen LogP contribution in [0.5, 0.6) is 0 Å². The lowest BCUT2D eigenvalue weighted by Gasteiger charge is -2.34. The minimum absolute atomic E-state index is 0.159. The van der Waals surface area contributed by atoms with Crippen molar-refractivity contribution in [1.29, 1.82) is 0 Å². The monoisotopic (exact) mass is 272 g/mol. The SMILES string of the molecule is CCCC(CNC(=O)NC1(C)CCCOC1)C(=O)O. The van der Waals surface area contributed by atoms with Gasteiger partial charge in [0.15, 0.2) is 0 Å². The van der Waals surface area contributed by atoms with E-state index in [0.29, 0.717) is 13.0 Å². The molecule has 2 unspecified atom stereocenters. The minimum Gasteiger partial charge on any atom is -0.481 e. The Morgan fingerprint density at radius 2 is 2.21 bits per heavy atom. The van der Waals surface area contributed by atoms with Crippen LogP contribution in [-0.4, -0.2) is 42.4 Å². The second kappa shape index (κ2) is 7.33. The molecule has 0 bridgehead atoms. The third kappa shape index (κ3) is 5.46. The van der Waals surface area contributed by atoms with Gasteiger partial charge < -0.3 is 20.5 Å². The molecule has 0 radical (unpaired) electrons. The number of amides is 2. The molecule has 1 fully saturated rings. The van der Waals surface area contributed by atoms with Crippen LogP contribution in [0.3, 0.4) is 0 Å². The summed E-state index contributed by atoms with van der Waals surface area (Å²) in [5.74, 6) is -1.39. The maximum atomic E-state index is 11.8. The van der Waals surface area contributed by atoms with Crippen molar-refractivity contribution in [2.75, 3.05) is 19.8 Å². The van der Waals surface area contributed by atoms with Crippen molar-refractivity contribution in [3.05, 3.63) is 0 Å². The summed E-state index contributed by atoms with van der Waals surface area (Å²) in [7, 11) is 0. The molecule has 0 aromatic rings. The fourth-order valence-electron chi connectivity index (χ4n) is 2.23. The van der Waals surface area contributed by atoms with Crippen LogP contribution < -0.4 is 10.6 Å². The Morgan fingerprint density at radius 1 is 1.47 bits per heavy atom. The fourth-order valence-corrected chi connectivity index (χ4v) is 2.23. The second-order valence-electron chi connectivity index (χ2n) is 5.38. The Hall–Kier alpha value is -1.30. The third-order valence-electron chi connectivity index (χ3n) is 3.35. The number of hydrogen-bond donors (Lipinski definition) is 3. The molecule has 0 aromatic carbocycles. The van der Waals surface area contributed by atoms with E-state index in [1.807, 2.05) is 13.8 Å². The Labute approximate surface area is 113 Å². The molecule has 0 aromatic heterocycles. The lowest BCUT2D eigenvalue weighted by atomic mass is 9.95. The van der Waals surface area contributed by atoms with Crippen LogP contribution >= 0.6 is 0 Å². The van der Waals surface area contributed by atoms with Gasteiger partial charge in [0, 0.05) is 13.2 Å². The molecule has 110 valence electrons. The highest BCUT2D eigenvalue weighted by atomic mass is 16.5. The molecule has 0 aliphatic carbocycles. The molecule has 3 N–H and O–H groups in total. The van der Waals surface area contributed by atoms with E-state index >= 15 is 0 Å². The first-order chi connectivity index (χ1) is 8.97. The predicted molar refractivity (Wildman–Crippen MR) is 71.0 cm³/mol. The summed E-state index contributed by atoms with van der Waals surface area (Å²) in [5, 5.41) is 14.5. The number of urea groups is 1. The molecule has 2 atom stereocenters. The quantitative estimate of drug-likeness (QED) is 0.681. The van der Waals surface area contributed by atoms with Gasteiger partial charge in [0.05, 0.1) is 18.1 Å². The van der Waals surface area contributed by atoms with Crippen LogP contribution in [0.25, 0.3) is 0 Å². The van der Waals surface area contributed by atoms with Crippen molar-refractivity contribution in [2.45, 2.75) is 45.1 Å². The Bertz CT molecular complexity index is 314. The summed E-state index contributed by atoms with van der Waals surface area (Å²) < 4.78 is 5.35. The first kappa shape index (κ1) is 15.8. The molecule has 1 rings (SSSR count). The second-order valence-corrected chi connectivity index (χ2v) is 5.38. The van der Waals surface area contributed by atoms with Crippen molar-refractivity contribution in [1.82, 2.24) is 10.6 Å². The van der Waals surface area contributed by atoms with E-state index in [0.717, 1.165) is 25.9 Å². The van der Waals surface area contributed by atoms with Gasteiger partial charge in [-0.2, -0.15) is 0 Å². The number of nitrogens with one attached hydrogen (secondary N) is 2. The van der Waals surface area contributed by atoms with E-state index in [-0.39, 0.29) is 18.1 Å². The van der Waals surface area contributed by atoms with Gasteiger partial charge >= 0.3 is 12.0 Å². The number of ether oxygens (including phenoxy) is 1. The predicted octanol–water partition coefficient (Wildman–Crippen LogP) is 1.36. The van der Waals surface area contributed by atoms with Crippen LogP contribution in [0.2, 0.25) is 0 Å². The largest absolute Gasteiger partial charge is 0.481 e. The number of carbonyl (C=O) groups excluding carboxylic acids is 1. The zero-order valence-corrected chi connectivity index (χ0v) is 11.7. The van der Waals surface area contributed by atoms with E-state index in [2.05, 4.69) is 10.6 Å². The average molecular weight is 272 g/mol. The summed E-state index contributed by atoms with van der Waals surface area (Å²) in [6.07, 6.45) is 3.14. The van der Waals surface area contributed by atoms with E-state index < -0.39 is 11.9 Å². The molecule has 19 heavy (non-hydrogen) atoms. The van der Waals surface area contributed by atoms with Gasteiger partial charge in [-0.05, 0) is 26.2 Å². The highest BCUT2D eigenvalue weighted by Gasteiger charge is 2.29. The minimum atomic E-state index is -0.866. The number of rotatable bonds is 6. The number of hydrogen-bond acceptors (Lipinski definition) is 3. The maximum Gasteiger partial charge on any atom is 0.315 e. The van der Waals surface area contributed by atoms with Crippen molar-refractivity contribution >= 4 is 12.0 Å².